The average molecular weight is 193 g/mol. The van der Waals surface area contributed by atoms with Crippen molar-refractivity contribution < 1.29 is 0 Å². The smallest absolute Gasteiger partial charge is 0.0348 e. The summed E-state index contributed by atoms with van der Waals surface area (Å²) in [5.41, 5.74) is 0. The lowest BCUT2D eigenvalue weighted by Crippen LogP contribution is -1.80. The fourth-order valence-corrected chi connectivity index (χ4v) is 1.48. The summed E-state index contributed by atoms with van der Waals surface area (Å²) in [7, 11) is 0. The Morgan fingerprint density at radius 2 is 1.57 bits per heavy atom. The lowest BCUT2D eigenvalue weighted by atomic mass is 10.1. The van der Waals surface area contributed by atoms with Crippen molar-refractivity contribution in [2.24, 2.45) is 0 Å². The van der Waals surface area contributed by atoms with Gasteiger partial charge in [0.25, 0.3) is 0 Å². The third kappa shape index (κ3) is 11.5. The third-order valence-corrected chi connectivity index (χ3v) is 2.34. The van der Waals surface area contributed by atoms with E-state index in [1.807, 2.05) is 12.2 Å². The lowest BCUT2D eigenvalue weighted by molar-refractivity contribution is 0.611. The quantitative estimate of drug-likeness (QED) is 0.335. The van der Waals surface area contributed by atoms with Crippen molar-refractivity contribution in [3.63, 3.8) is 0 Å². The highest BCUT2D eigenvalue weighted by molar-refractivity contribution is 4.96. The normalized spacial score (nSPS) is 10.9. The Bertz CT molecular complexity index is 133. The number of unbranched alkanes of at least 4 members (excludes halogenated alkanes) is 8. The van der Waals surface area contributed by atoms with Gasteiger partial charge in [0.15, 0.2) is 0 Å². The molecular weight excluding hydrogens is 168 g/mol. The first-order valence-electron chi connectivity index (χ1n) is 6.01. The minimum absolute atomic E-state index is 1.22. The van der Waals surface area contributed by atoms with Crippen molar-refractivity contribution in [2.75, 3.05) is 0 Å². The summed E-state index contributed by atoms with van der Waals surface area (Å²) in [5.74, 6) is 0. The molecule has 0 aromatic rings. The summed E-state index contributed by atoms with van der Waals surface area (Å²) in [5, 5.41) is 0. The maximum atomic E-state index is 3.65. The van der Waals surface area contributed by atoms with E-state index < -0.39 is 0 Å². The van der Waals surface area contributed by atoms with Gasteiger partial charge in [0, 0.05) is 0 Å². The molecule has 0 amide bonds. The van der Waals surface area contributed by atoms with Crippen molar-refractivity contribution >= 4 is 0 Å². The highest BCUT2D eigenvalue weighted by Gasteiger charge is 1.89. The molecule has 0 aromatic heterocycles. The highest BCUT2D eigenvalue weighted by atomic mass is 14.0. The molecule has 0 N–H and O–H groups in total. The zero-order valence-electron chi connectivity index (χ0n) is 9.67. The summed E-state index contributed by atoms with van der Waals surface area (Å²) in [6.07, 6.45) is 19.1. The summed E-state index contributed by atoms with van der Waals surface area (Å²) in [6.45, 7) is 5.86. The summed E-state index contributed by atoms with van der Waals surface area (Å²) in [6, 6.07) is 0. The molecule has 0 nitrogen and oxygen atoms in total. The maximum Gasteiger partial charge on any atom is -0.0348 e. The van der Waals surface area contributed by atoms with Crippen LogP contribution in [0, 0.1) is 6.42 Å². The minimum atomic E-state index is 1.22. The number of allylic oxidation sites excluding steroid dienone is 3. The molecule has 0 saturated carbocycles. The molecule has 0 spiro atoms. The Labute approximate surface area is 90.1 Å². The van der Waals surface area contributed by atoms with E-state index in [9.17, 15) is 0 Å². The van der Waals surface area contributed by atoms with Crippen molar-refractivity contribution in [3.8, 4) is 0 Å². The van der Waals surface area contributed by atoms with Crippen molar-refractivity contribution in [3.05, 3.63) is 31.2 Å². The Balaban J connectivity index is 2.91. The van der Waals surface area contributed by atoms with Gasteiger partial charge < -0.3 is 0 Å². The Morgan fingerprint density at radius 1 is 0.929 bits per heavy atom. The molecule has 0 aliphatic carbocycles. The van der Waals surface area contributed by atoms with E-state index in [0.29, 0.717) is 0 Å². The van der Waals surface area contributed by atoms with Crippen LogP contribution in [0.2, 0.25) is 0 Å². The molecule has 14 heavy (non-hydrogen) atoms. The second kappa shape index (κ2) is 12.5. The largest absolute Gasteiger partial charge is 0.0991 e. The topological polar surface area (TPSA) is 0 Å². The molecule has 0 bridgehead atoms. The van der Waals surface area contributed by atoms with Crippen molar-refractivity contribution in [2.45, 2.75) is 58.3 Å². The second-order valence-electron chi connectivity index (χ2n) is 3.71. The predicted molar refractivity (Wildman–Crippen MR) is 66.2 cm³/mol. The van der Waals surface area contributed by atoms with E-state index in [2.05, 4.69) is 26.0 Å². The minimum Gasteiger partial charge on any atom is -0.0991 e. The number of rotatable bonds is 10. The van der Waals surface area contributed by atoms with Crippen LogP contribution in [0.5, 0.6) is 0 Å². The molecule has 0 aliphatic heterocycles. The van der Waals surface area contributed by atoms with Gasteiger partial charge in [0.05, 0.1) is 0 Å². The van der Waals surface area contributed by atoms with Crippen LogP contribution in [0.4, 0.5) is 0 Å². The van der Waals surface area contributed by atoms with Crippen LogP contribution >= 0.6 is 0 Å². The zero-order chi connectivity index (χ0) is 10.5. The molecule has 0 aromatic carbocycles. The molecule has 0 saturated heterocycles. The van der Waals surface area contributed by atoms with Gasteiger partial charge in [-0.05, 0) is 19.3 Å². The van der Waals surface area contributed by atoms with Gasteiger partial charge in [-0.1, -0.05) is 70.3 Å². The number of hydrogen-bond acceptors (Lipinski definition) is 0. The Hall–Kier alpha value is -0.520. The molecule has 0 unspecified atom stereocenters. The summed E-state index contributed by atoms with van der Waals surface area (Å²) in [4.78, 5) is 0. The first kappa shape index (κ1) is 13.5. The van der Waals surface area contributed by atoms with E-state index in [-0.39, 0.29) is 0 Å². The maximum absolute atomic E-state index is 3.65. The van der Waals surface area contributed by atoms with Gasteiger partial charge in [-0.2, -0.15) is 0 Å². The van der Waals surface area contributed by atoms with Crippen LogP contribution in [-0.4, -0.2) is 0 Å². The molecular formula is C14H25. The van der Waals surface area contributed by atoms with E-state index in [0.717, 1.165) is 0 Å². The van der Waals surface area contributed by atoms with Gasteiger partial charge in [-0.25, -0.2) is 0 Å². The fraction of sp³-hybridized carbons (Fsp3) is 0.643. The van der Waals surface area contributed by atoms with Crippen LogP contribution in [-0.2, 0) is 0 Å². The molecule has 0 heterocycles. The third-order valence-electron chi connectivity index (χ3n) is 2.34. The van der Waals surface area contributed by atoms with Crippen LogP contribution in [0.1, 0.15) is 58.3 Å². The molecule has 0 aliphatic rings. The van der Waals surface area contributed by atoms with E-state index in [1.54, 1.807) is 0 Å². The average Bonchev–Trinajstić information content (AvgIpc) is 2.21. The highest BCUT2D eigenvalue weighted by Crippen LogP contribution is 2.09. The van der Waals surface area contributed by atoms with Gasteiger partial charge >= 0.3 is 0 Å². The van der Waals surface area contributed by atoms with Gasteiger partial charge in [0.1, 0.15) is 0 Å². The zero-order valence-corrected chi connectivity index (χ0v) is 9.67. The fourth-order valence-electron chi connectivity index (χ4n) is 1.48. The lowest BCUT2D eigenvalue weighted by Gasteiger charge is -1.99. The molecule has 0 rings (SSSR count). The monoisotopic (exact) mass is 193 g/mol. The Kier molecular flexibility index (Phi) is 12.0. The van der Waals surface area contributed by atoms with Crippen molar-refractivity contribution in [1.29, 1.82) is 0 Å². The van der Waals surface area contributed by atoms with Gasteiger partial charge in [-0.15, -0.1) is 0 Å². The second-order valence-corrected chi connectivity index (χ2v) is 3.71. The van der Waals surface area contributed by atoms with E-state index in [4.69, 9.17) is 0 Å². The summed E-state index contributed by atoms with van der Waals surface area (Å²) >= 11 is 0. The predicted octanol–water partition coefficient (Wildman–Crippen LogP) is 5.07. The SMILES string of the molecule is C=C/C=C/CCCCCCC[CH]CC. The molecule has 0 fully saturated rings. The Morgan fingerprint density at radius 3 is 2.21 bits per heavy atom. The van der Waals surface area contributed by atoms with Crippen LogP contribution < -0.4 is 0 Å². The van der Waals surface area contributed by atoms with E-state index in [1.165, 1.54) is 51.4 Å². The molecule has 0 heteroatoms. The van der Waals surface area contributed by atoms with Crippen LogP contribution in [0.15, 0.2) is 24.8 Å². The van der Waals surface area contributed by atoms with Crippen LogP contribution in [0.3, 0.4) is 0 Å². The summed E-state index contributed by atoms with van der Waals surface area (Å²) < 4.78 is 0. The molecule has 81 valence electrons. The molecule has 0 atom stereocenters. The van der Waals surface area contributed by atoms with Gasteiger partial charge in [-0.3, -0.25) is 0 Å². The first-order valence-corrected chi connectivity index (χ1v) is 6.01. The van der Waals surface area contributed by atoms with Crippen molar-refractivity contribution in [1.82, 2.24) is 0 Å². The number of hydrogen-bond donors (Lipinski definition) is 0. The van der Waals surface area contributed by atoms with Crippen LogP contribution in [0.25, 0.3) is 0 Å². The molecule has 1 radical (unpaired) electrons. The van der Waals surface area contributed by atoms with E-state index >= 15 is 0 Å². The standard InChI is InChI=1S/C14H25/c1-3-5-7-9-11-13-14-12-10-8-6-4-2/h3,5-7H,1,4,8-14H2,2H3/b7-5+. The van der Waals surface area contributed by atoms with Gasteiger partial charge in [0.2, 0.25) is 0 Å². The first-order chi connectivity index (χ1) is 6.91.